The van der Waals surface area contributed by atoms with E-state index in [1.165, 1.54) is 12.1 Å². The monoisotopic (exact) mass is 300 g/mol. The summed E-state index contributed by atoms with van der Waals surface area (Å²) >= 11 is 0. The first-order chi connectivity index (χ1) is 9.82. The van der Waals surface area contributed by atoms with Gasteiger partial charge in [0.1, 0.15) is 0 Å². The van der Waals surface area contributed by atoms with Crippen molar-refractivity contribution in [3.8, 4) is 0 Å². The number of alkyl halides is 3. The lowest BCUT2D eigenvalue weighted by Crippen LogP contribution is -2.49. The summed E-state index contributed by atoms with van der Waals surface area (Å²) in [6, 6.07) is 4.63. The molecule has 0 aliphatic carbocycles. The lowest BCUT2D eigenvalue weighted by Gasteiger charge is -2.36. The van der Waals surface area contributed by atoms with Gasteiger partial charge >= 0.3 is 6.18 Å². The summed E-state index contributed by atoms with van der Waals surface area (Å²) in [5.74, 6) is -0.153. The Morgan fingerprint density at radius 2 is 2.14 bits per heavy atom. The molecule has 0 radical (unpaired) electrons. The summed E-state index contributed by atoms with van der Waals surface area (Å²) < 4.78 is 38.1. The number of likely N-dealkylation sites (tertiary alicyclic amines) is 1. The van der Waals surface area contributed by atoms with E-state index >= 15 is 0 Å². The Hall–Kier alpha value is -1.56. The molecule has 0 aromatic heterocycles. The third-order valence-electron chi connectivity index (χ3n) is 4.04. The molecular formula is C15H19F3N2O. The van der Waals surface area contributed by atoms with Gasteiger partial charge in [-0.1, -0.05) is 19.4 Å². The Kier molecular flexibility index (Phi) is 4.56. The van der Waals surface area contributed by atoms with Crippen LogP contribution in [-0.4, -0.2) is 29.9 Å². The molecule has 2 atom stereocenters. The van der Waals surface area contributed by atoms with E-state index in [4.69, 9.17) is 5.73 Å². The number of halogens is 3. The summed E-state index contributed by atoms with van der Waals surface area (Å²) in [5.41, 5.74) is 5.27. The van der Waals surface area contributed by atoms with Crippen molar-refractivity contribution in [2.24, 2.45) is 11.7 Å². The second kappa shape index (κ2) is 6.05. The van der Waals surface area contributed by atoms with Crippen molar-refractivity contribution in [1.82, 2.24) is 4.90 Å². The van der Waals surface area contributed by atoms with Gasteiger partial charge in [0.05, 0.1) is 5.56 Å². The molecule has 0 saturated carbocycles. The van der Waals surface area contributed by atoms with E-state index < -0.39 is 11.7 Å². The number of benzene rings is 1. The Morgan fingerprint density at radius 1 is 1.43 bits per heavy atom. The molecule has 3 nitrogen and oxygen atoms in total. The summed E-state index contributed by atoms with van der Waals surface area (Å²) in [6.45, 7) is 3.00. The van der Waals surface area contributed by atoms with Gasteiger partial charge in [0.25, 0.3) is 5.91 Å². The van der Waals surface area contributed by atoms with Crippen LogP contribution in [0.2, 0.25) is 0 Å². The first kappa shape index (κ1) is 15.8. The zero-order chi connectivity index (χ0) is 15.6. The number of piperidine rings is 1. The molecule has 6 heteroatoms. The van der Waals surface area contributed by atoms with Crippen LogP contribution in [0.4, 0.5) is 13.2 Å². The van der Waals surface area contributed by atoms with Crippen LogP contribution in [0.3, 0.4) is 0 Å². The minimum atomic E-state index is -4.44. The van der Waals surface area contributed by atoms with Gasteiger partial charge in [0.15, 0.2) is 0 Å². The van der Waals surface area contributed by atoms with Gasteiger partial charge in [-0.15, -0.1) is 0 Å². The number of nitrogens with two attached hydrogens (primary N) is 1. The molecule has 2 rings (SSSR count). The smallest absolute Gasteiger partial charge is 0.338 e. The predicted octanol–water partition coefficient (Wildman–Crippen LogP) is 2.90. The van der Waals surface area contributed by atoms with Gasteiger partial charge in [-0.25, -0.2) is 0 Å². The molecule has 2 unspecified atom stereocenters. The van der Waals surface area contributed by atoms with Crippen molar-refractivity contribution >= 4 is 5.91 Å². The van der Waals surface area contributed by atoms with Crippen LogP contribution in [0, 0.1) is 5.92 Å². The summed E-state index contributed by atoms with van der Waals surface area (Å²) in [7, 11) is 0. The van der Waals surface area contributed by atoms with Crippen molar-refractivity contribution in [1.29, 1.82) is 0 Å². The highest BCUT2D eigenvalue weighted by Gasteiger charge is 2.32. The standard InChI is InChI=1S/C15H19F3N2O/c1-2-10-9-20(7-6-13(10)19)14(21)11-4-3-5-12(8-11)15(16,17)18/h3-5,8,10,13H,2,6-7,9,19H2,1H3. The molecule has 1 amide bonds. The number of hydrogen-bond donors (Lipinski definition) is 1. The maximum Gasteiger partial charge on any atom is 0.416 e. The van der Waals surface area contributed by atoms with Crippen molar-refractivity contribution in [3.63, 3.8) is 0 Å². The molecule has 1 heterocycles. The molecule has 0 spiro atoms. The zero-order valence-corrected chi connectivity index (χ0v) is 11.9. The van der Waals surface area contributed by atoms with Crippen LogP contribution in [0.1, 0.15) is 35.7 Å². The lowest BCUT2D eigenvalue weighted by atomic mass is 9.90. The molecular weight excluding hydrogens is 281 g/mol. The average molecular weight is 300 g/mol. The van der Waals surface area contributed by atoms with Gasteiger partial charge < -0.3 is 10.6 Å². The number of rotatable bonds is 2. The van der Waals surface area contributed by atoms with Crippen molar-refractivity contribution in [2.45, 2.75) is 32.0 Å². The highest BCUT2D eigenvalue weighted by atomic mass is 19.4. The van der Waals surface area contributed by atoms with E-state index in [0.717, 1.165) is 18.6 Å². The van der Waals surface area contributed by atoms with E-state index in [-0.39, 0.29) is 23.4 Å². The number of amides is 1. The molecule has 1 aromatic carbocycles. The van der Waals surface area contributed by atoms with Crippen LogP contribution >= 0.6 is 0 Å². The van der Waals surface area contributed by atoms with Crippen LogP contribution < -0.4 is 5.73 Å². The number of carbonyl (C=O) groups excluding carboxylic acids is 1. The molecule has 0 bridgehead atoms. The maximum absolute atomic E-state index is 12.7. The summed E-state index contributed by atoms with van der Waals surface area (Å²) in [4.78, 5) is 14.0. The highest BCUT2D eigenvalue weighted by Crippen LogP contribution is 2.30. The topological polar surface area (TPSA) is 46.3 Å². The minimum absolute atomic E-state index is 0.0561. The second-order valence-corrected chi connectivity index (χ2v) is 5.45. The molecule has 1 saturated heterocycles. The molecule has 21 heavy (non-hydrogen) atoms. The van der Waals surface area contributed by atoms with Gasteiger partial charge in [0.2, 0.25) is 0 Å². The number of hydrogen-bond acceptors (Lipinski definition) is 2. The van der Waals surface area contributed by atoms with Crippen LogP contribution in [0.25, 0.3) is 0 Å². The van der Waals surface area contributed by atoms with E-state index in [2.05, 4.69) is 0 Å². The maximum atomic E-state index is 12.7. The molecule has 1 aliphatic rings. The van der Waals surface area contributed by atoms with Crippen LogP contribution in [0.5, 0.6) is 0 Å². The first-order valence-corrected chi connectivity index (χ1v) is 7.05. The second-order valence-electron chi connectivity index (χ2n) is 5.45. The van der Waals surface area contributed by atoms with Gasteiger partial charge in [-0.05, 0) is 30.5 Å². The fourth-order valence-corrected chi connectivity index (χ4v) is 2.68. The SMILES string of the molecule is CCC1CN(C(=O)c2cccc(C(F)(F)F)c2)CCC1N. The van der Waals surface area contributed by atoms with Gasteiger partial charge in [-0.2, -0.15) is 13.2 Å². The first-order valence-electron chi connectivity index (χ1n) is 7.05. The zero-order valence-electron chi connectivity index (χ0n) is 11.9. The van der Waals surface area contributed by atoms with Crippen molar-refractivity contribution < 1.29 is 18.0 Å². The van der Waals surface area contributed by atoms with E-state index in [1.807, 2.05) is 6.92 Å². The third kappa shape index (κ3) is 3.56. The lowest BCUT2D eigenvalue weighted by molar-refractivity contribution is -0.137. The number of carbonyl (C=O) groups is 1. The normalized spacial score (nSPS) is 23.2. The molecule has 1 fully saturated rings. The molecule has 1 aliphatic heterocycles. The van der Waals surface area contributed by atoms with Crippen LogP contribution in [0.15, 0.2) is 24.3 Å². The molecule has 116 valence electrons. The van der Waals surface area contributed by atoms with E-state index in [9.17, 15) is 18.0 Å². The largest absolute Gasteiger partial charge is 0.416 e. The van der Waals surface area contributed by atoms with E-state index in [0.29, 0.717) is 19.5 Å². The Bertz CT molecular complexity index is 516. The minimum Gasteiger partial charge on any atom is -0.338 e. The fourth-order valence-electron chi connectivity index (χ4n) is 2.68. The fraction of sp³-hybridized carbons (Fsp3) is 0.533. The summed E-state index contributed by atoms with van der Waals surface area (Å²) in [5, 5.41) is 0. The Morgan fingerprint density at radius 3 is 2.76 bits per heavy atom. The average Bonchev–Trinajstić information content (AvgIpc) is 2.46. The van der Waals surface area contributed by atoms with Crippen molar-refractivity contribution in [2.75, 3.05) is 13.1 Å². The Labute approximate surface area is 121 Å². The highest BCUT2D eigenvalue weighted by molar-refractivity contribution is 5.94. The predicted molar refractivity (Wildman–Crippen MR) is 73.7 cm³/mol. The molecule has 2 N–H and O–H groups in total. The van der Waals surface area contributed by atoms with Crippen molar-refractivity contribution in [3.05, 3.63) is 35.4 Å². The van der Waals surface area contributed by atoms with Gasteiger partial charge in [0, 0.05) is 24.7 Å². The Balaban J connectivity index is 2.17. The number of nitrogens with zero attached hydrogens (tertiary/aromatic N) is 1. The third-order valence-corrected chi connectivity index (χ3v) is 4.04. The molecule has 1 aromatic rings. The van der Waals surface area contributed by atoms with Crippen LogP contribution in [-0.2, 0) is 6.18 Å². The summed E-state index contributed by atoms with van der Waals surface area (Å²) in [6.07, 6.45) is -2.90. The van der Waals surface area contributed by atoms with E-state index in [1.54, 1.807) is 4.90 Å². The quantitative estimate of drug-likeness (QED) is 0.913. The van der Waals surface area contributed by atoms with Gasteiger partial charge in [-0.3, -0.25) is 4.79 Å².